The van der Waals surface area contributed by atoms with Gasteiger partial charge in [0.1, 0.15) is 12.2 Å². The van der Waals surface area contributed by atoms with Gasteiger partial charge < -0.3 is 20.4 Å². The van der Waals surface area contributed by atoms with Crippen LogP contribution < -0.4 is 0 Å². The van der Waals surface area contributed by atoms with E-state index in [0.717, 1.165) is 12.8 Å². The van der Waals surface area contributed by atoms with E-state index in [1.807, 2.05) is 0 Å². The summed E-state index contributed by atoms with van der Waals surface area (Å²) in [5.41, 5.74) is 0. The topological polar surface area (TPSA) is 126 Å². The van der Waals surface area contributed by atoms with Gasteiger partial charge in [0.05, 0.1) is 33.0 Å². The van der Waals surface area contributed by atoms with Gasteiger partial charge in [0, 0.05) is 0 Å². The average Bonchev–Trinajstić information content (AvgIpc) is 2.87. The summed E-state index contributed by atoms with van der Waals surface area (Å²) >= 11 is 0. The number of unbranched alkanes of at least 4 members (excludes halogenated alkanes) is 17. The number of hydrogen-bond acceptors (Lipinski definition) is 8. The van der Waals surface area contributed by atoms with Crippen molar-refractivity contribution in [3.05, 3.63) is 0 Å². The standard InChI is InChI=1S/C26H55O8P/c1-2-3-4-5-6-7-8-9-10-11-12-13-14-15-16-17-18-19-20-32-35(31,33-23-25(29)21-27)34-24-26(30)22-28/h25-30H,2-24H2,1H3. The van der Waals surface area contributed by atoms with E-state index in [1.165, 1.54) is 96.3 Å². The largest absolute Gasteiger partial charge is 0.474 e. The first kappa shape index (κ1) is 35.0. The lowest BCUT2D eigenvalue weighted by atomic mass is 10.0. The minimum Gasteiger partial charge on any atom is -0.394 e. The second-order valence-electron chi connectivity index (χ2n) is 9.56. The van der Waals surface area contributed by atoms with Crippen LogP contribution in [0.25, 0.3) is 0 Å². The van der Waals surface area contributed by atoms with Crippen LogP contribution in [0, 0.1) is 0 Å². The molecule has 0 spiro atoms. The van der Waals surface area contributed by atoms with Crippen molar-refractivity contribution in [3.63, 3.8) is 0 Å². The van der Waals surface area contributed by atoms with Crippen LogP contribution in [-0.4, -0.2) is 65.7 Å². The minimum atomic E-state index is -3.99. The predicted molar refractivity (Wildman–Crippen MR) is 140 cm³/mol. The Hall–Kier alpha value is -0.0500. The Morgan fingerprint density at radius 1 is 0.543 bits per heavy atom. The van der Waals surface area contributed by atoms with Gasteiger partial charge in [0.15, 0.2) is 0 Å². The summed E-state index contributed by atoms with van der Waals surface area (Å²) in [5.74, 6) is 0. The third-order valence-electron chi connectivity index (χ3n) is 6.02. The van der Waals surface area contributed by atoms with Gasteiger partial charge in [-0.2, -0.15) is 0 Å². The fraction of sp³-hybridized carbons (Fsp3) is 1.00. The highest BCUT2D eigenvalue weighted by atomic mass is 31.2. The molecule has 0 aliphatic rings. The molecule has 35 heavy (non-hydrogen) atoms. The van der Waals surface area contributed by atoms with E-state index in [9.17, 15) is 14.8 Å². The summed E-state index contributed by atoms with van der Waals surface area (Å²) in [6, 6.07) is 0. The van der Waals surface area contributed by atoms with Gasteiger partial charge in [-0.1, -0.05) is 116 Å². The monoisotopic (exact) mass is 526 g/mol. The molecule has 0 radical (unpaired) electrons. The zero-order chi connectivity index (χ0) is 26.0. The van der Waals surface area contributed by atoms with Gasteiger partial charge in [0.2, 0.25) is 0 Å². The molecule has 0 heterocycles. The zero-order valence-electron chi connectivity index (χ0n) is 22.3. The molecule has 212 valence electrons. The maximum Gasteiger partial charge on any atom is 0.474 e. The lowest BCUT2D eigenvalue weighted by Crippen LogP contribution is -2.22. The Bertz CT molecular complexity index is 462. The number of rotatable bonds is 28. The van der Waals surface area contributed by atoms with Crippen LogP contribution in [0.1, 0.15) is 122 Å². The third kappa shape index (κ3) is 24.1. The zero-order valence-corrected chi connectivity index (χ0v) is 23.2. The fourth-order valence-corrected chi connectivity index (χ4v) is 5.04. The number of phosphoric acid groups is 1. The van der Waals surface area contributed by atoms with E-state index in [2.05, 4.69) is 6.92 Å². The molecule has 0 rings (SSSR count). The molecule has 0 fully saturated rings. The van der Waals surface area contributed by atoms with Crippen molar-refractivity contribution >= 4 is 7.82 Å². The van der Waals surface area contributed by atoms with Crippen molar-refractivity contribution in [2.24, 2.45) is 0 Å². The highest BCUT2D eigenvalue weighted by molar-refractivity contribution is 7.48. The van der Waals surface area contributed by atoms with E-state index in [0.29, 0.717) is 6.42 Å². The highest BCUT2D eigenvalue weighted by Gasteiger charge is 2.28. The van der Waals surface area contributed by atoms with Crippen molar-refractivity contribution < 1.29 is 38.6 Å². The van der Waals surface area contributed by atoms with Crippen molar-refractivity contribution in [1.82, 2.24) is 0 Å². The molecule has 9 heteroatoms. The molecular formula is C26H55O8P. The average molecular weight is 527 g/mol. The van der Waals surface area contributed by atoms with E-state index < -0.39 is 46.5 Å². The van der Waals surface area contributed by atoms with Crippen molar-refractivity contribution in [2.75, 3.05) is 33.0 Å². The van der Waals surface area contributed by atoms with Gasteiger partial charge in [-0.25, -0.2) is 4.57 Å². The molecule has 8 nitrogen and oxygen atoms in total. The molecule has 0 aliphatic heterocycles. The molecule has 0 aliphatic carbocycles. The summed E-state index contributed by atoms with van der Waals surface area (Å²) in [5, 5.41) is 36.5. The summed E-state index contributed by atoms with van der Waals surface area (Å²) in [6.07, 6.45) is 20.6. The van der Waals surface area contributed by atoms with E-state index >= 15 is 0 Å². The Morgan fingerprint density at radius 2 is 0.857 bits per heavy atom. The van der Waals surface area contributed by atoms with Crippen LogP contribution in [0.15, 0.2) is 0 Å². The molecule has 2 atom stereocenters. The quantitative estimate of drug-likeness (QED) is 0.0734. The van der Waals surface area contributed by atoms with Crippen LogP contribution >= 0.6 is 7.82 Å². The first-order valence-electron chi connectivity index (χ1n) is 14.1. The Labute approximate surface area is 214 Å². The number of aliphatic hydroxyl groups excluding tert-OH is 4. The SMILES string of the molecule is CCCCCCCCCCCCCCCCCCCCOP(=O)(OCC(O)CO)OCC(O)CO. The predicted octanol–water partition coefficient (Wildman–Crippen LogP) is 5.89. The molecule has 4 N–H and O–H groups in total. The molecule has 0 amide bonds. The van der Waals surface area contributed by atoms with Crippen LogP contribution in [-0.2, 0) is 18.1 Å². The summed E-state index contributed by atoms with van der Waals surface area (Å²) in [6.45, 7) is 0.516. The molecule has 0 aromatic carbocycles. The van der Waals surface area contributed by atoms with Crippen molar-refractivity contribution in [1.29, 1.82) is 0 Å². The first-order chi connectivity index (χ1) is 17.0. The van der Waals surface area contributed by atoms with Crippen LogP contribution in [0.4, 0.5) is 0 Å². The van der Waals surface area contributed by atoms with Crippen LogP contribution in [0.5, 0.6) is 0 Å². The van der Waals surface area contributed by atoms with Gasteiger partial charge in [-0.15, -0.1) is 0 Å². The molecule has 2 unspecified atom stereocenters. The smallest absolute Gasteiger partial charge is 0.394 e. The Morgan fingerprint density at radius 3 is 1.17 bits per heavy atom. The third-order valence-corrected chi connectivity index (χ3v) is 7.45. The summed E-state index contributed by atoms with van der Waals surface area (Å²) < 4.78 is 27.9. The van der Waals surface area contributed by atoms with Crippen LogP contribution in [0.2, 0.25) is 0 Å². The second-order valence-corrected chi connectivity index (χ2v) is 11.2. The minimum absolute atomic E-state index is 0.167. The second kappa shape index (κ2) is 25.6. The van der Waals surface area contributed by atoms with Gasteiger partial charge >= 0.3 is 7.82 Å². The van der Waals surface area contributed by atoms with E-state index in [4.69, 9.17) is 23.8 Å². The molecule has 0 aromatic heterocycles. The maximum absolute atomic E-state index is 12.6. The number of hydrogen-bond donors (Lipinski definition) is 4. The molecule has 0 saturated carbocycles. The highest BCUT2D eigenvalue weighted by Crippen LogP contribution is 2.49. The van der Waals surface area contributed by atoms with Gasteiger partial charge in [-0.3, -0.25) is 13.6 Å². The van der Waals surface area contributed by atoms with Gasteiger partial charge in [-0.05, 0) is 6.42 Å². The molecule has 0 saturated heterocycles. The molecule has 0 bridgehead atoms. The lowest BCUT2D eigenvalue weighted by Gasteiger charge is -2.20. The number of phosphoric ester groups is 1. The maximum atomic E-state index is 12.6. The first-order valence-corrected chi connectivity index (χ1v) is 15.5. The van der Waals surface area contributed by atoms with E-state index in [-0.39, 0.29) is 6.61 Å². The fourth-order valence-electron chi connectivity index (χ4n) is 3.75. The van der Waals surface area contributed by atoms with E-state index in [1.54, 1.807) is 0 Å². The Balaban J connectivity index is 3.62. The lowest BCUT2D eigenvalue weighted by molar-refractivity contribution is 0.00820. The molecule has 0 aromatic rings. The van der Waals surface area contributed by atoms with Gasteiger partial charge in [0.25, 0.3) is 0 Å². The summed E-state index contributed by atoms with van der Waals surface area (Å²) in [4.78, 5) is 0. The number of aliphatic hydroxyl groups is 4. The van der Waals surface area contributed by atoms with Crippen molar-refractivity contribution in [3.8, 4) is 0 Å². The Kier molecular flexibility index (Phi) is 25.6. The van der Waals surface area contributed by atoms with Crippen LogP contribution in [0.3, 0.4) is 0 Å². The molecular weight excluding hydrogens is 471 g/mol. The summed E-state index contributed by atoms with van der Waals surface area (Å²) in [7, 11) is -3.99. The van der Waals surface area contributed by atoms with Crippen molar-refractivity contribution in [2.45, 2.75) is 135 Å². The normalized spacial score (nSPS) is 15.2.